The fourth-order valence-electron chi connectivity index (χ4n) is 4.13. The van der Waals surface area contributed by atoms with Gasteiger partial charge in [-0.2, -0.15) is 0 Å². The van der Waals surface area contributed by atoms with E-state index >= 15 is 0 Å². The van der Waals surface area contributed by atoms with Gasteiger partial charge in [0.1, 0.15) is 5.56 Å². The predicted molar refractivity (Wildman–Crippen MR) is 119 cm³/mol. The summed E-state index contributed by atoms with van der Waals surface area (Å²) in [5.41, 5.74) is 2.04. The zero-order chi connectivity index (χ0) is 23.0. The lowest BCUT2D eigenvalue weighted by Crippen LogP contribution is -2.26. The smallest absolute Gasteiger partial charge is 0.339 e. The molecule has 0 fully saturated rings. The van der Waals surface area contributed by atoms with Gasteiger partial charge in [-0.3, -0.25) is 4.79 Å². The van der Waals surface area contributed by atoms with Gasteiger partial charge >= 0.3 is 5.97 Å². The zero-order valence-electron chi connectivity index (χ0n) is 17.6. The van der Waals surface area contributed by atoms with E-state index in [1.807, 2.05) is 0 Å². The topological polar surface area (TPSA) is 99.0 Å². The summed E-state index contributed by atoms with van der Waals surface area (Å²) in [5, 5.41) is 13.0. The third kappa shape index (κ3) is 3.42. The molecule has 0 aliphatic carbocycles. The first kappa shape index (κ1) is 21.6. The molecule has 0 unspecified atom stereocenters. The summed E-state index contributed by atoms with van der Waals surface area (Å²) in [5.74, 6) is -0.735. The summed E-state index contributed by atoms with van der Waals surface area (Å²) in [6, 6.07) is 10.6. The summed E-state index contributed by atoms with van der Waals surface area (Å²) in [7, 11) is 4.52. The van der Waals surface area contributed by atoms with Gasteiger partial charge in [0, 0.05) is 24.1 Å². The first-order valence-electron chi connectivity index (χ1n) is 9.73. The van der Waals surface area contributed by atoms with Crippen LogP contribution in [-0.2, 0) is 4.79 Å². The number of ether oxygens (including phenoxy) is 3. The van der Waals surface area contributed by atoms with Gasteiger partial charge in [0.05, 0.1) is 43.4 Å². The quantitative estimate of drug-likeness (QED) is 0.572. The zero-order valence-corrected chi connectivity index (χ0v) is 18.4. The molecular weight excluding hydrogens is 436 g/mol. The van der Waals surface area contributed by atoms with Crippen LogP contribution in [0.5, 0.6) is 17.2 Å². The molecule has 166 valence electrons. The second-order valence-corrected chi connectivity index (χ2v) is 7.57. The number of aromatic nitrogens is 1. The van der Waals surface area contributed by atoms with Gasteiger partial charge in [-0.1, -0.05) is 29.8 Å². The molecule has 9 heteroatoms. The van der Waals surface area contributed by atoms with Crippen LogP contribution in [0.15, 0.2) is 42.6 Å². The highest BCUT2D eigenvalue weighted by Gasteiger charge is 2.37. The molecule has 4 rings (SSSR count). The molecule has 8 nitrogen and oxygen atoms in total. The van der Waals surface area contributed by atoms with Gasteiger partial charge in [0.15, 0.2) is 11.5 Å². The molecule has 3 aromatic rings. The van der Waals surface area contributed by atoms with Crippen LogP contribution in [0.25, 0.3) is 5.69 Å². The summed E-state index contributed by atoms with van der Waals surface area (Å²) in [6.07, 6.45) is 1.55. The SMILES string of the molecule is COc1ccc([C@@H]2CC(=O)Nc3c(C(=O)O)cn(-c4ccccc4Cl)c32)c(OC)c1OC. The number of hydrogen-bond acceptors (Lipinski definition) is 5. The van der Waals surface area contributed by atoms with Gasteiger partial charge in [-0.05, 0) is 18.2 Å². The van der Waals surface area contributed by atoms with Crippen molar-refractivity contribution in [3.63, 3.8) is 0 Å². The summed E-state index contributed by atoms with van der Waals surface area (Å²) in [6.45, 7) is 0. The maximum absolute atomic E-state index is 12.6. The Morgan fingerprint density at radius 1 is 1.09 bits per heavy atom. The van der Waals surface area contributed by atoms with E-state index in [4.69, 9.17) is 25.8 Å². The van der Waals surface area contributed by atoms with Crippen molar-refractivity contribution in [2.24, 2.45) is 0 Å². The molecule has 0 spiro atoms. The highest BCUT2D eigenvalue weighted by atomic mass is 35.5. The monoisotopic (exact) mass is 456 g/mol. The van der Waals surface area contributed by atoms with Gasteiger partial charge in [-0.15, -0.1) is 0 Å². The van der Waals surface area contributed by atoms with Crippen LogP contribution < -0.4 is 19.5 Å². The Hall–Kier alpha value is -3.65. The molecule has 1 amide bonds. The number of carbonyl (C=O) groups excluding carboxylic acids is 1. The van der Waals surface area contributed by atoms with E-state index < -0.39 is 11.9 Å². The lowest BCUT2D eigenvalue weighted by molar-refractivity contribution is -0.116. The first-order valence-corrected chi connectivity index (χ1v) is 10.1. The van der Waals surface area contributed by atoms with Crippen molar-refractivity contribution >= 4 is 29.2 Å². The third-order valence-corrected chi connectivity index (χ3v) is 5.80. The summed E-state index contributed by atoms with van der Waals surface area (Å²) >= 11 is 6.44. The van der Waals surface area contributed by atoms with E-state index in [1.165, 1.54) is 27.5 Å². The van der Waals surface area contributed by atoms with E-state index in [2.05, 4.69) is 5.32 Å². The molecule has 0 saturated heterocycles. The fraction of sp³-hybridized carbons (Fsp3) is 0.217. The van der Waals surface area contributed by atoms with Crippen molar-refractivity contribution in [2.75, 3.05) is 26.6 Å². The molecule has 0 saturated carbocycles. The number of amides is 1. The van der Waals surface area contributed by atoms with Crippen LogP contribution in [0.2, 0.25) is 5.02 Å². The number of anilines is 1. The van der Waals surface area contributed by atoms with Crippen LogP contribution in [0.1, 0.15) is 34.0 Å². The Kier molecular flexibility index (Phi) is 5.71. The molecule has 2 heterocycles. The number of fused-ring (bicyclic) bond motifs is 1. The number of hydrogen-bond donors (Lipinski definition) is 2. The number of carbonyl (C=O) groups is 2. The van der Waals surface area contributed by atoms with E-state index in [-0.39, 0.29) is 23.6 Å². The molecule has 1 aromatic heterocycles. The number of aromatic carboxylic acids is 1. The number of rotatable bonds is 6. The second kappa shape index (κ2) is 8.47. The average molecular weight is 457 g/mol. The molecule has 32 heavy (non-hydrogen) atoms. The summed E-state index contributed by atoms with van der Waals surface area (Å²) < 4.78 is 18.2. The molecule has 2 aromatic carbocycles. The number of nitrogens with one attached hydrogen (secondary N) is 1. The van der Waals surface area contributed by atoms with Crippen molar-refractivity contribution in [1.82, 2.24) is 4.57 Å². The molecule has 2 N–H and O–H groups in total. The van der Waals surface area contributed by atoms with E-state index in [1.54, 1.807) is 41.0 Å². The number of methoxy groups -OCH3 is 3. The number of para-hydroxylation sites is 1. The molecule has 1 atom stereocenters. The minimum absolute atomic E-state index is 0.0302. The van der Waals surface area contributed by atoms with Crippen molar-refractivity contribution in [3.8, 4) is 22.9 Å². The van der Waals surface area contributed by atoms with Crippen molar-refractivity contribution in [2.45, 2.75) is 12.3 Å². The second-order valence-electron chi connectivity index (χ2n) is 7.16. The van der Waals surface area contributed by atoms with Crippen LogP contribution in [0.3, 0.4) is 0 Å². The van der Waals surface area contributed by atoms with Gasteiger partial charge in [-0.25, -0.2) is 4.79 Å². The number of halogens is 1. The van der Waals surface area contributed by atoms with Gasteiger partial charge in [0.2, 0.25) is 11.7 Å². The highest BCUT2D eigenvalue weighted by Crippen LogP contribution is 2.49. The molecule has 1 aliphatic heterocycles. The molecule has 1 aliphatic rings. The minimum Gasteiger partial charge on any atom is -0.493 e. The van der Waals surface area contributed by atoms with Crippen LogP contribution >= 0.6 is 11.6 Å². The Balaban J connectivity index is 2.03. The highest BCUT2D eigenvalue weighted by molar-refractivity contribution is 6.32. The largest absolute Gasteiger partial charge is 0.493 e. The number of benzene rings is 2. The van der Waals surface area contributed by atoms with Gasteiger partial charge < -0.3 is 29.2 Å². The predicted octanol–water partition coefficient (Wildman–Crippen LogP) is 4.33. The van der Waals surface area contributed by atoms with E-state index in [0.717, 1.165) is 0 Å². The Labute approximate surface area is 189 Å². The molecular formula is C23H21ClN2O6. The third-order valence-electron chi connectivity index (χ3n) is 5.48. The van der Waals surface area contributed by atoms with Crippen molar-refractivity contribution < 1.29 is 28.9 Å². The van der Waals surface area contributed by atoms with Gasteiger partial charge in [0.25, 0.3) is 0 Å². The van der Waals surface area contributed by atoms with Crippen molar-refractivity contribution in [1.29, 1.82) is 0 Å². The van der Waals surface area contributed by atoms with Crippen LogP contribution in [0.4, 0.5) is 5.69 Å². The number of carboxylic acids is 1. The first-order chi connectivity index (χ1) is 15.4. The molecule has 0 bridgehead atoms. The fourth-order valence-corrected chi connectivity index (χ4v) is 4.36. The minimum atomic E-state index is -1.16. The van der Waals surface area contributed by atoms with E-state index in [0.29, 0.717) is 39.2 Å². The molecule has 0 radical (unpaired) electrons. The van der Waals surface area contributed by atoms with Crippen LogP contribution in [0, 0.1) is 0 Å². The van der Waals surface area contributed by atoms with E-state index in [9.17, 15) is 14.7 Å². The van der Waals surface area contributed by atoms with Crippen LogP contribution in [-0.4, -0.2) is 42.9 Å². The van der Waals surface area contributed by atoms with Crippen molar-refractivity contribution in [3.05, 3.63) is 64.4 Å². The lowest BCUT2D eigenvalue weighted by atomic mass is 9.87. The lowest BCUT2D eigenvalue weighted by Gasteiger charge is -2.28. The Bertz CT molecular complexity index is 1220. The Morgan fingerprint density at radius 3 is 2.44 bits per heavy atom. The standard InChI is InChI=1S/C23H21ClN2O6/c1-30-17-9-8-12(21(31-2)22(17)32-3)13-10-18(27)25-19-14(23(28)29)11-26(20(13)19)16-7-5-4-6-15(16)24/h4-9,11,13H,10H2,1-3H3,(H,25,27)(H,28,29)/t13-/m0/s1. The summed E-state index contributed by atoms with van der Waals surface area (Å²) in [4.78, 5) is 24.6. The maximum Gasteiger partial charge on any atom is 0.339 e. The maximum atomic E-state index is 12.6. The Morgan fingerprint density at radius 2 is 1.81 bits per heavy atom. The normalized spacial score (nSPS) is 15.0. The number of carboxylic acid groups (broad SMARTS) is 1. The average Bonchev–Trinajstić information content (AvgIpc) is 3.17. The number of nitrogens with zero attached hydrogens (tertiary/aromatic N) is 1.